The number of benzene rings is 1. The fraction of sp³-hybridized carbons (Fsp3) is 0.125. The van der Waals surface area contributed by atoms with Crippen LogP contribution in [0.25, 0.3) is 16.6 Å². The van der Waals surface area contributed by atoms with E-state index in [0.29, 0.717) is 0 Å². The Balaban J connectivity index is 1.79. The summed E-state index contributed by atoms with van der Waals surface area (Å²) in [5.41, 5.74) is -0.346. The second-order valence-electron chi connectivity index (χ2n) is 6.17. The number of alkyl halides is 4. The Bertz CT molecular complexity index is 1380. The van der Waals surface area contributed by atoms with Gasteiger partial charge in [0.25, 0.3) is 16.4 Å². The number of H-pyrrole nitrogens is 1. The molecule has 0 bridgehead atoms. The highest BCUT2D eigenvalue weighted by Gasteiger charge is 2.25. The van der Waals surface area contributed by atoms with E-state index < -0.39 is 28.2 Å². The van der Waals surface area contributed by atoms with Crippen LogP contribution in [0.3, 0.4) is 0 Å². The summed E-state index contributed by atoms with van der Waals surface area (Å²) >= 11 is 12.0. The van der Waals surface area contributed by atoms with E-state index in [0.717, 1.165) is 29.5 Å². The van der Waals surface area contributed by atoms with Crippen molar-refractivity contribution in [3.63, 3.8) is 0 Å². The summed E-state index contributed by atoms with van der Waals surface area (Å²) in [4.78, 5) is 2.48. The van der Waals surface area contributed by atoms with Crippen LogP contribution in [0, 0.1) is 0 Å². The largest absolute Gasteiger partial charge is 0.358 e. The van der Waals surface area contributed by atoms with Crippen LogP contribution in [-0.2, 0) is 10.0 Å². The van der Waals surface area contributed by atoms with E-state index in [1.54, 1.807) is 0 Å². The normalized spacial score (nSPS) is 12.4. The van der Waals surface area contributed by atoms with Crippen LogP contribution in [0.2, 0.25) is 10.2 Å². The Hall–Kier alpha value is -2.77. The molecule has 15 heteroatoms. The number of nitrogens with zero attached hydrogens (tertiary/aromatic N) is 4. The number of aromatic amines is 1. The number of rotatable bonds is 6. The minimum atomic E-state index is -4.31. The van der Waals surface area contributed by atoms with Crippen LogP contribution >= 0.6 is 23.2 Å². The maximum absolute atomic E-state index is 12.9. The summed E-state index contributed by atoms with van der Waals surface area (Å²) in [5, 5.41) is 6.87. The van der Waals surface area contributed by atoms with Crippen LogP contribution in [0.15, 0.2) is 41.8 Å². The molecule has 4 rings (SSSR count). The molecular weight excluding hydrogens is 487 g/mol. The molecule has 0 aliphatic rings. The Morgan fingerprint density at radius 2 is 1.84 bits per heavy atom. The third-order valence-corrected chi connectivity index (χ3v) is 6.37. The molecule has 3 heterocycles. The lowest BCUT2D eigenvalue weighted by molar-refractivity contribution is 0.0570. The molecule has 0 saturated carbocycles. The Morgan fingerprint density at radius 1 is 1.10 bits per heavy atom. The highest BCUT2D eigenvalue weighted by Crippen LogP contribution is 2.35. The number of fused-ring (bicyclic) bond motifs is 1. The van der Waals surface area contributed by atoms with Crippen molar-refractivity contribution < 1.29 is 26.0 Å². The lowest BCUT2D eigenvalue weighted by Gasteiger charge is -2.08. The molecule has 164 valence electrons. The number of hydrogen-bond donors (Lipinski definition) is 2. The maximum atomic E-state index is 12.9. The van der Waals surface area contributed by atoms with Crippen LogP contribution in [0.4, 0.5) is 23.2 Å². The van der Waals surface area contributed by atoms with Crippen molar-refractivity contribution in [2.75, 3.05) is 4.72 Å². The monoisotopic (exact) mass is 496 g/mol. The van der Waals surface area contributed by atoms with Gasteiger partial charge in [-0.15, -0.1) is 0 Å². The number of anilines is 1. The van der Waals surface area contributed by atoms with Gasteiger partial charge >= 0.3 is 6.55 Å². The molecule has 0 radical (unpaired) electrons. The van der Waals surface area contributed by atoms with Gasteiger partial charge in [0.05, 0.1) is 28.5 Å². The summed E-state index contributed by atoms with van der Waals surface area (Å²) in [6.07, 6.45) is 1.26. The first-order valence-corrected chi connectivity index (χ1v) is 10.5. The Kier molecular flexibility index (Phi) is 5.35. The first-order valence-electron chi connectivity index (χ1n) is 8.27. The molecule has 1 aromatic carbocycles. The van der Waals surface area contributed by atoms with Crippen LogP contribution in [0.5, 0.6) is 0 Å². The SMILES string of the molecule is O=S(=O)(Nc1cnn(C(F)F)c1Cl)c1c[nH]c2c(-n3cc(C(F)F)cn3)c(Cl)ccc12. The fourth-order valence-corrected chi connectivity index (χ4v) is 4.64. The van der Waals surface area contributed by atoms with E-state index in [9.17, 15) is 26.0 Å². The van der Waals surface area contributed by atoms with Gasteiger partial charge in [-0.25, -0.2) is 21.9 Å². The molecule has 0 atom stereocenters. The molecule has 2 N–H and O–H groups in total. The number of hydrogen-bond acceptors (Lipinski definition) is 4. The standard InChI is InChI=1S/C16H10Cl2F4N6O2S/c17-9-2-1-8-11(31(29,30)26-10-4-25-28(14(10)18)16(21)22)5-23-12(8)13(9)27-6-7(3-24-27)15(19)20/h1-6,15-16,23,26H. The van der Waals surface area contributed by atoms with Crippen molar-refractivity contribution in [2.45, 2.75) is 17.9 Å². The van der Waals surface area contributed by atoms with Crippen molar-refractivity contribution in [1.82, 2.24) is 24.5 Å². The van der Waals surface area contributed by atoms with Crippen molar-refractivity contribution in [2.24, 2.45) is 0 Å². The number of nitrogens with one attached hydrogen (secondary N) is 2. The van der Waals surface area contributed by atoms with E-state index >= 15 is 0 Å². The molecule has 0 fully saturated rings. The first-order chi connectivity index (χ1) is 14.6. The van der Waals surface area contributed by atoms with Gasteiger partial charge in [0.15, 0.2) is 5.15 Å². The minimum absolute atomic E-state index is 0.122. The zero-order chi connectivity index (χ0) is 22.5. The second kappa shape index (κ2) is 7.73. The zero-order valence-corrected chi connectivity index (χ0v) is 17.2. The van der Waals surface area contributed by atoms with Crippen LogP contribution in [0.1, 0.15) is 18.5 Å². The topological polar surface area (TPSA) is 97.6 Å². The van der Waals surface area contributed by atoms with Gasteiger partial charge in [-0.3, -0.25) is 4.72 Å². The number of halogens is 6. The van der Waals surface area contributed by atoms with Crippen molar-refractivity contribution in [1.29, 1.82) is 0 Å². The molecular formula is C16H10Cl2F4N6O2S. The van der Waals surface area contributed by atoms with Gasteiger partial charge < -0.3 is 4.98 Å². The average Bonchev–Trinajstić information content (AvgIpc) is 3.40. The molecule has 8 nitrogen and oxygen atoms in total. The molecule has 0 amide bonds. The van der Waals surface area contributed by atoms with E-state index in [2.05, 4.69) is 19.9 Å². The third kappa shape index (κ3) is 3.72. The molecule has 3 aromatic heterocycles. The summed E-state index contributed by atoms with van der Waals surface area (Å²) < 4.78 is 80.5. The summed E-state index contributed by atoms with van der Waals surface area (Å²) in [5.74, 6) is 0. The number of aromatic nitrogens is 5. The lowest BCUT2D eigenvalue weighted by Crippen LogP contribution is -2.12. The van der Waals surface area contributed by atoms with Gasteiger partial charge in [0, 0.05) is 17.8 Å². The molecule has 0 aliphatic heterocycles. The molecule has 4 aromatic rings. The Morgan fingerprint density at radius 3 is 2.45 bits per heavy atom. The van der Waals surface area contributed by atoms with Gasteiger partial charge in [-0.05, 0) is 12.1 Å². The van der Waals surface area contributed by atoms with E-state index in [-0.39, 0.29) is 42.4 Å². The highest BCUT2D eigenvalue weighted by atomic mass is 35.5. The van der Waals surface area contributed by atoms with Crippen molar-refractivity contribution in [3.8, 4) is 5.69 Å². The minimum Gasteiger partial charge on any atom is -0.358 e. The third-order valence-electron chi connectivity index (χ3n) is 4.28. The van der Waals surface area contributed by atoms with Crippen LogP contribution < -0.4 is 4.72 Å². The second-order valence-corrected chi connectivity index (χ2v) is 8.58. The highest BCUT2D eigenvalue weighted by molar-refractivity contribution is 7.93. The van der Waals surface area contributed by atoms with Gasteiger partial charge in [0.1, 0.15) is 16.3 Å². The molecule has 0 saturated heterocycles. The average molecular weight is 497 g/mol. The predicted molar refractivity (Wildman–Crippen MR) is 105 cm³/mol. The lowest BCUT2D eigenvalue weighted by atomic mass is 10.2. The fourth-order valence-electron chi connectivity index (χ4n) is 2.90. The molecule has 0 aliphatic carbocycles. The summed E-state index contributed by atoms with van der Waals surface area (Å²) in [7, 11) is -4.31. The molecule has 0 unspecified atom stereocenters. The van der Waals surface area contributed by atoms with Gasteiger partial charge in [-0.2, -0.15) is 23.7 Å². The smallest absolute Gasteiger partial charge is 0.334 e. The van der Waals surface area contributed by atoms with E-state index in [1.165, 1.54) is 12.1 Å². The molecule has 31 heavy (non-hydrogen) atoms. The number of sulfonamides is 1. The van der Waals surface area contributed by atoms with Crippen LogP contribution in [-0.4, -0.2) is 33.0 Å². The first kappa shape index (κ1) is 21.5. The van der Waals surface area contributed by atoms with E-state index in [4.69, 9.17) is 23.2 Å². The maximum Gasteiger partial charge on any atom is 0.334 e. The summed E-state index contributed by atoms with van der Waals surface area (Å²) in [6, 6.07) is 2.77. The quantitative estimate of drug-likeness (QED) is 0.367. The van der Waals surface area contributed by atoms with E-state index in [1.807, 2.05) is 0 Å². The zero-order valence-electron chi connectivity index (χ0n) is 14.9. The van der Waals surface area contributed by atoms with Gasteiger partial charge in [-0.1, -0.05) is 23.2 Å². The van der Waals surface area contributed by atoms with Crippen molar-refractivity contribution >= 4 is 49.8 Å². The Labute approximate surface area is 181 Å². The predicted octanol–water partition coefficient (Wildman–Crippen LogP) is 4.99. The van der Waals surface area contributed by atoms with Gasteiger partial charge in [0.2, 0.25) is 0 Å². The van der Waals surface area contributed by atoms with Crippen molar-refractivity contribution in [3.05, 3.63) is 52.7 Å². The molecule has 0 spiro atoms. The summed E-state index contributed by atoms with van der Waals surface area (Å²) in [6.45, 7) is -3.06.